The molecule has 1 rings (SSSR count). The van der Waals surface area contributed by atoms with Crippen molar-refractivity contribution in [3.63, 3.8) is 0 Å². The van der Waals surface area contributed by atoms with Gasteiger partial charge in [-0.1, -0.05) is 26.3 Å². The van der Waals surface area contributed by atoms with Crippen LogP contribution in [0, 0.1) is 0 Å². The standard InChI is InChI=1S/C15H22O4/c1-4-6-9-18-11-12-7-8-13(14(10-12)17-3)19-15(16)5-2/h7-8,10H,4-6,9,11H2,1-3H3. The summed E-state index contributed by atoms with van der Waals surface area (Å²) in [6.07, 6.45) is 2.52. The SMILES string of the molecule is CCCCOCc1ccc(OC(=O)CC)c(OC)c1. The number of rotatable bonds is 8. The molecular weight excluding hydrogens is 244 g/mol. The molecule has 0 fully saturated rings. The molecule has 0 N–H and O–H groups in total. The van der Waals surface area contributed by atoms with Crippen molar-refractivity contribution in [2.75, 3.05) is 13.7 Å². The van der Waals surface area contributed by atoms with E-state index in [2.05, 4.69) is 6.92 Å². The molecule has 19 heavy (non-hydrogen) atoms. The van der Waals surface area contributed by atoms with Crippen LogP contribution in [0.3, 0.4) is 0 Å². The van der Waals surface area contributed by atoms with E-state index in [4.69, 9.17) is 14.2 Å². The Morgan fingerprint density at radius 3 is 2.63 bits per heavy atom. The van der Waals surface area contributed by atoms with Gasteiger partial charge in [0.15, 0.2) is 11.5 Å². The van der Waals surface area contributed by atoms with Gasteiger partial charge in [0.1, 0.15) is 0 Å². The molecule has 0 aliphatic rings. The number of hydrogen-bond donors (Lipinski definition) is 0. The third-order valence-electron chi connectivity index (χ3n) is 2.65. The number of esters is 1. The lowest BCUT2D eigenvalue weighted by Gasteiger charge is -2.11. The van der Waals surface area contributed by atoms with Crippen LogP contribution in [0.4, 0.5) is 0 Å². The lowest BCUT2D eigenvalue weighted by atomic mass is 10.2. The molecule has 0 saturated heterocycles. The zero-order valence-electron chi connectivity index (χ0n) is 11.9. The minimum atomic E-state index is -0.273. The van der Waals surface area contributed by atoms with Gasteiger partial charge in [-0.15, -0.1) is 0 Å². The predicted molar refractivity (Wildman–Crippen MR) is 73.5 cm³/mol. The van der Waals surface area contributed by atoms with Crippen LogP contribution in [0.5, 0.6) is 11.5 Å². The molecule has 0 spiro atoms. The van der Waals surface area contributed by atoms with Crippen molar-refractivity contribution in [3.8, 4) is 11.5 Å². The summed E-state index contributed by atoms with van der Waals surface area (Å²) in [5.41, 5.74) is 1.00. The van der Waals surface area contributed by atoms with Gasteiger partial charge in [-0.2, -0.15) is 0 Å². The summed E-state index contributed by atoms with van der Waals surface area (Å²) in [4.78, 5) is 11.3. The fourth-order valence-corrected chi connectivity index (χ4v) is 1.52. The first kappa shape index (κ1) is 15.5. The smallest absolute Gasteiger partial charge is 0.311 e. The summed E-state index contributed by atoms with van der Waals surface area (Å²) in [6, 6.07) is 5.46. The number of ether oxygens (including phenoxy) is 3. The highest BCUT2D eigenvalue weighted by Gasteiger charge is 2.09. The minimum Gasteiger partial charge on any atom is -0.493 e. The molecule has 0 aliphatic heterocycles. The van der Waals surface area contributed by atoms with E-state index >= 15 is 0 Å². The molecule has 106 valence electrons. The fourth-order valence-electron chi connectivity index (χ4n) is 1.52. The lowest BCUT2D eigenvalue weighted by Crippen LogP contribution is -2.07. The summed E-state index contributed by atoms with van der Waals surface area (Å²) in [7, 11) is 1.56. The molecule has 1 aromatic rings. The van der Waals surface area contributed by atoms with E-state index in [1.54, 1.807) is 20.1 Å². The van der Waals surface area contributed by atoms with E-state index < -0.39 is 0 Å². The monoisotopic (exact) mass is 266 g/mol. The quantitative estimate of drug-likeness (QED) is 0.411. The van der Waals surface area contributed by atoms with Crippen LogP contribution in [-0.4, -0.2) is 19.7 Å². The zero-order chi connectivity index (χ0) is 14.1. The van der Waals surface area contributed by atoms with E-state index in [9.17, 15) is 4.79 Å². The third-order valence-corrected chi connectivity index (χ3v) is 2.65. The topological polar surface area (TPSA) is 44.8 Å². The van der Waals surface area contributed by atoms with Gasteiger partial charge in [-0.3, -0.25) is 4.79 Å². The lowest BCUT2D eigenvalue weighted by molar-refractivity contribution is -0.134. The van der Waals surface area contributed by atoms with Gasteiger partial charge < -0.3 is 14.2 Å². The molecule has 0 aliphatic carbocycles. The van der Waals surface area contributed by atoms with Gasteiger partial charge in [0.2, 0.25) is 0 Å². The van der Waals surface area contributed by atoms with Crippen molar-refractivity contribution in [1.29, 1.82) is 0 Å². The highest BCUT2D eigenvalue weighted by Crippen LogP contribution is 2.28. The summed E-state index contributed by atoms with van der Waals surface area (Å²) < 4.78 is 15.9. The molecule has 0 heterocycles. The molecular formula is C15H22O4. The van der Waals surface area contributed by atoms with Gasteiger partial charge in [-0.25, -0.2) is 0 Å². The van der Waals surface area contributed by atoms with Crippen LogP contribution in [0.15, 0.2) is 18.2 Å². The Morgan fingerprint density at radius 1 is 1.21 bits per heavy atom. The van der Waals surface area contributed by atoms with Crippen molar-refractivity contribution in [2.45, 2.75) is 39.7 Å². The summed E-state index contributed by atoms with van der Waals surface area (Å²) in [5, 5.41) is 0. The molecule has 0 bridgehead atoms. The molecule has 0 atom stereocenters. The van der Waals surface area contributed by atoms with Crippen molar-refractivity contribution in [3.05, 3.63) is 23.8 Å². The summed E-state index contributed by atoms with van der Waals surface area (Å²) >= 11 is 0. The van der Waals surface area contributed by atoms with E-state index in [0.717, 1.165) is 25.0 Å². The number of carbonyl (C=O) groups excluding carboxylic acids is 1. The Balaban J connectivity index is 2.64. The number of unbranched alkanes of at least 4 members (excludes halogenated alkanes) is 1. The van der Waals surface area contributed by atoms with Crippen molar-refractivity contribution < 1.29 is 19.0 Å². The highest BCUT2D eigenvalue weighted by molar-refractivity contribution is 5.72. The van der Waals surface area contributed by atoms with E-state index in [-0.39, 0.29) is 5.97 Å². The maximum atomic E-state index is 11.3. The number of benzene rings is 1. The maximum Gasteiger partial charge on any atom is 0.311 e. The second kappa shape index (κ2) is 8.53. The minimum absolute atomic E-state index is 0.273. The Bertz CT molecular complexity index is 401. The number of carbonyl (C=O) groups is 1. The van der Waals surface area contributed by atoms with Crippen LogP contribution >= 0.6 is 0 Å². The van der Waals surface area contributed by atoms with Gasteiger partial charge in [0.25, 0.3) is 0 Å². The summed E-state index contributed by atoms with van der Waals surface area (Å²) in [6.45, 7) is 5.18. The van der Waals surface area contributed by atoms with Crippen LogP contribution in [-0.2, 0) is 16.1 Å². The first-order valence-corrected chi connectivity index (χ1v) is 6.66. The molecule has 0 aromatic heterocycles. The number of hydrogen-bond acceptors (Lipinski definition) is 4. The molecule has 1 aromatic carbocycles. The van der Waals surface area contributed by atoms with Crippen LogP contribution in [0.2, 0.25) is 0 Å². The molecule has 0 radical (unpaired) electrons. The van der Waals surface area contributed by atoms with E-state index in [1.165, 1.54) is 0 Å². The molecule has 4 heteroatoms. The molecule has 0 amide bonds. The first-order valence-electron chi connectivity index (χ1n) is 6.66. The zero-order valence-corrected chi connectivity index (χ0v) is 11.9. The van der Waals surface area contributed by atoms with Gasteiger partial charge in [-0.05, 0) is 24.1 Å². The van der Waals surface area contributed by atoms with Crippen LogP contribution in [0.1, 0.15) is 38.7 Å². The van der Waals surface area contributed by atoms with Gasteiger partial charge in [0, 0.05) is 13.0 Å². The predicted octanol–water partition coefficient (Wildman–Crippen LogP) is 3.33. The Labute approximate surface area is 114 Å². The Kier molecular flexibility index (Phi) is 6.97. The fraction of sp³-hybridized carbons (Fsp3) is 0.533. The first-order chi connectivity index (χ1) is 9.21. The molecule has 0 unspecified atom stereocenters. The average molecular weight is 266 g/mol. The summed E-state index contributed by atoms with van der Waals surface area (Å²) in [5.74, 6) is 0.732. The molecule has 0 saturated carbocycles. The highest BCUT2D eigenvalue weighted by atomic mass is 16.6. The van der Waals surface area contributed by atoms with Crippen molar-refractivity contribution in [2.24, 2.45) is 0 Å². The van der Waals surface area contributed by atoms with Gasteiger partial charge >= 0.3 is 5.97 Å². The van der Waals surface area contributed by atoms with E-state index in [1.807, 2.05) is 12.1 Å². The second-order valence-electron chi connectivity index (χ2n) is 4.22. The van der Waals surface area contributed by atoms with Crippen LogP contribution in [0.25, 0.3) is 0 Å². The Hall–Kier alpha value is -1.55. The third kappa shape index (κ3) is 5.30. The molecule has 4 nitrogen and oxygen atoms in total. The van der Waals surface area contributed by atoms with Crippen LogP contribution < -0.4 is 9.47 Å². The maximum absolute atomic E-state index is 11.3. The van der Waals surface area contributed by atoms with E-state index in [0.29, 0.717) is 24.5 Å². The second-order valence-corrected chi connectivity index (χ2v) is 4.22. The average Bonchev–Trinajstić information content (AvgIpc) is 2.44. The van der Waals surface area contributed by atoms with Crippen molar-refractivity contribution >= 4 is 5.97 Å². The van der Waals surface area contributed by atoms with Gasteiger partial charge in [0.05, 0.1) is 13.7 Å². The Morgan fingerprint density at radius 2 is 2.00 bits per heavy atom. The number of methoxy groups -OCH3 is 1. The normalized spacial score (nSPS) is 10.3. The van der Waals surface area contributed by atoms with Crippen molar-refractivity contribution in [1.82, 2.24) is 0 Å². The largest absolute Gasteiger partial charge is 0.493 e.